The van der Waals surface area contributed by atoms with E-state index in [2.05, 4.69) is 94.9 Å². The van der Waals surface area contributed by atoms with Gasteiger partial charge in [0.25, 0.3) is 0 Å². The first-order chi connectivity index (χ1) is 15.3. The van der Waals surface area contributed by atoms with Crippen molar-refractivity contribution in [3.63, 3.8) is 0 Å². The second kappa shape index (κ2) is 8.71. The van der Waals surface area contributed by atoms with Crippen molar-refractivity contribution in [2.24, 2.45) is 0 Å². The molecule has 1 heterocycles. The summed E-state index contributed by atoms with van der Waals surface area (Å²) < 4.78 is 0. The van der Waals surface area contributed by atoms with E-state index in [0.717, 1.165) is 28.6 Å². The summed E-state index contributed by atoms with van der Waals surface area (Å²) in [5.41, 5.74) is 6.68. The van der Waals surface area contributed by atoms with E-state index in [9.17, 15) is 0 Å². The molecule has 4 aromatic carbocycles. The maximum atomic E-state index is 6.20. The van der Waals surface area contributed by atoms with Gasteiger partial charge in [0.15, 0.2) is 0 Å². The number of hydrogen-bond acceptors (Lipinski definition) is 2. The van der Waals surface area contributed by atoms with E-state index >= 15 is 0 Å². The zero-order valence-corrected chi connectivity index (χ0v) is 17.7. The van der Waals surface area contributed by atoms with Gasteiger partial charge in [-0.05, 0) is 40.8 Å². The van der Waals surface area contributed by atoms with Crippen LogP contribution in [0.3, 0.4) is 0 Å². The van der Waals surface area contributed by atoms with Gasteiger partial charge in [-0.2, -0.15) is 0 Å². The topological polar surface area (TPSA) is 25.8 Å². The van der Waals surface area contributed by atoms with Crippen LogP contribution in [-0.4, -0.2) is 9.97 Å². The van der Waals surface area contributed by atoms with E-state index in [1.807, 2.05) is 24.3 Å². The minimum Gasteiger partial charge on any atom is -0.218 e. The van der Waals surface area contributed by atoms with Crippen LogP contribution in [0, 0.1) is 0 Å². The first-order valence-electron chi connectivity index (χ1n) is 10.4. The van der Waals surface area contributed by atoms with Gasteiger partial charge < -0.3 is 0 Å². The third-order valence-corrected chi connectivity index (χ3v) is 5.82. The fourth-order valence-electron chi connectivity index (χ4n) is 4.10. The summed E-state index contributed by atoms with van der Waals surface area (Å²) in [5.74, 6) is 0.281. The van der Waals surface area contributed by atoms with Crippen molar-refractivity contribution in [3.05, 3.63) is 131 Å². The van der Waals surface area contributed by atoms with Crippen LogP contribution in [0.5, 0.6) is 0 Å². The normalized spacial score (nSPS) is 12.0. The Morgan fingerprint density at radius 1 is 0.613 bits per heavy atom. The van der Waals surface area contributed by atoms with Crippen LogP contribution < -0.4 is 0 Å². The summed E-state index contributed by atoms with van der Waals surface area (Å²) in [7, 11) is 0. The minimum absolute atomic E-state index is 0.268. The van der Waals surface area contributed by atoms with Gasteiger partial charge in [-0.15, -0.1) is 0 Å². The van der Waals surface area contributed by atoms with Crippen molar-refractivity contribution >= 4 is 22.5 Å². The van der Waals surface area contributed by atoms with Gasteiger partial charge in [0.2, 0.25) is 5.28 Å². The minimum atomic E-state index is 0.268. The van der Waals surface area contributed by atoms with Gasteiger partial charge in [0, 0.05) is 16.9 Å². The molecule has 0 aliphatic heterocycles. The van der Waals surface area contributed by atoms with Crippen LogP contribution in [0.15, 0.2) is 109 Å². The third kappa shape index (κ3) is 4.21. The zero-order chi connectivity index (χ0) is 21.0. The molecule has 1 aromatic heterocycles. The number of nitrogens with zero attached hydrogens (tertiary/aromatic N) is 2. The van der Waals surface area contributed by atoms with Crippen molar-refractivity contribution < 1.29 is 0 Å². The molecule has 150 valence electrons. The van der Waals surface area contributed by atoms with Crippen LogP contribution in [0.2, 0.25) is 5.28 Å². The summed E-state index contributed by atoms with van der Waals surface area (Å²) in [5, 5.41) is 1.27. The molecule has 5 aromatic rings. The molecule has 0 saturated carbocycles. The second-order valence-electron chi connectivity index (χ2n) is 7.63. The predicted octanol–water partition coefficient (Wildman–Crippen LogP) is 7.32. The van der Waals surface area contributed by atoms with Crippen LogP contribution >= 0.6 is 11.6 Å². The SMILES string of the molecule is Clc1nc(-c2ccc(C(Cc3ccccc3)c3ccccc3)cc2)c2ccccc2n1. The highest BCUT2D eigenvalue weighted by Gasteiger charge is 2.16. The van der Waals surface area contributed by atoms with Crippen LogP contribution in [0.1, 0.15) is 22.6 Å². The molecule has 0 N–H and O–H groups in total. The van der Waals surface area contributed by atoms with Crippen LogP contribution in [-0.2, 0) is 6.42 Å². The van der Waals surface area contributed by atoms with E-state index in [1.165, 1.54) is 16.7 Å². The number of hydrogen-bond donors (Lipinski definition) is 0. The lowest BCUT2D eigenvalue weighted by atomic mass is 9.85. The number of aromatic nitrogens is 2. The van der Waals surface area contributed by atoms with Gasteiger partial charge in [0.05, 0.1) is 11.2 Å². The third-order valence-electron chi connectivity index (χ3n) is 5.65. The molecule has 1 unspecified atom stereocenters. The average molecular weight is 421 g/mol. The van der Waals surface area contributed by atoms with Gasteiger partial charge in [-0.3, -0.25) is 0 Å². The van der Waals surface area contributed by atoms with E-state index in [1.54, 1.807) is 0 Å². The van der Waals surface area contributed by atoms with E-state index < -0.39 is 0 Å². The monoisotopic (exact) mass is 420 g/mol. The smallest absolute Gasteiger partial charge is 0.218 e. The number of halogens is 1. The molecule has 0 bridgehead atoms. The van der Waals surface area contributed by atoms with Crippen molar-refractivity contribution in [3.8, 4) is 11.3 Å². The van der Waals surface area contributed by atoms with Gasteiger partial charge in [0.1, 0.15) is 0 Å². The molecule has 0 fully saturated rings. The highest BCUT2D eigenvalue weighted by atomic mass is 35.5. The fraction of sp³-hybridized carbons (Fsp3) is 0.0714. The van der Waals surface area contributed by atoms with Crippen LogP contribution in [0.4, 0.5) is 0 Å². The molecule has 1 atom stereocenters. The first-order valence-corrected chi connectivity index (χ1v) is 10.8. The Kier molecular flexibility index (Phi) is 5.47. The number of benzene rings is 4. The van der Waals surface area contributed by atoms with Crippen LogP contribution in [0.25, 0.3) is 22.2 Å². The Morgan fingerprint density at radius 2 is 1.23 bits per heavy atom. The first kappa shape index (κ1) is 19.5. The Labute approximate surface area is 187 Å². The largest absolute Gasteiger partial charge is 0.223 e. The summed E-state index contributed by atoms with van der Waals surface area (Å²) >= 11 is 6.20. The molecule has 0 saturated heterocycles. The molecule has 0 aliphatic carbocycles. The van der Waals surface area contributed by atoms with Gasteiger partial charge in [-0.1, -0.05) is 103 Å². The molecule has 5 rings (SSSR count). The quantitative estimate of drug-likeness (QED) is 0.278. The number of fused-ring (bicyclic) bond motifs is 1. The second-order valence-corrected chi connectivity index (χ2v) is 7.97. The van der Waals surface area contributed by atoms with Crippen molar-refractivity contribution in [2.75, 3.05) is 0 Å². The predicted molar refractivity (Wildman–Crippen MR) is 128 cm³/mol. The lowest BCUT2D eigenvalue weighted by Crippen LogP contribution is -2.05. The summed E-state index contributed by atoms with van der Waals surface area (Å²) in [4.78, 5) is 8.87. The molecular formula is C28H21ClN2. The Balaban J connectivity index is 1.54. The molecule has 0 aliphatic rings. The molecular weight excluding hydrogens is 400 g/mol. The molecule has 0 amide bonds. The average Bonchev–Trinajstić information content (AvgIpc) is 2.83. The lowest BCUT2D eigenvalue weighted by molar-refractivity contribution is 0.805. The van der Waals surface area contributed by atoms with Gasteiger partial charge in [-0.25, -0.2) is 9.97 Å². The Bertz CT molecular complexity index is 1300. The van der Waals surface area contributed by atoms with Crippen molar-refractivity contribution in [1.82, 2.24) is 9.97 Å². The lowest BCUT2D eigenvalue weighted by Gasteiger charge is -2.19. The maximum Gasteiger partial charge on any atom is 0.223 e. The highest BCUT2D eigenvalue weighted by Crippen LogP contribution is 2.32. The van der Waals surface area contributed by atoms with Crippen molar-refractivity contribution in [2.45, 2.75) is 12.3 Å². The maximum absolute atomic E-state index is 6.20. The molecule has 31 heavy (non-hydrogen) atoms. The standard InChI is InChI=1S/C28H21ClN2/c29-28-30-26-14-8-7-13-24(26)27(31-28)23-17-15-22(16-18-23)25(21-11-5-2-6-12-21)19-20-9-3-1-4-10-20/h1-18,25H,19H2. The molecule has 3 heteroatoms. The Hall–Kier alpha value is -3.49. The molecule has 0 radical (unpaired) electrons. The molecule has 2 nitrogen and oxygen atoms in total. The highest BCUT2D eigenvalue weighted by molar-refractivity contribution is 6.28. The number of para-hydroxylation sites is 1. The summed E-state index contributed by atoms with van der Waals surface area (Å²) in [6.07, 6.45) is 0.951. The van der Waals surface area contributed by atoms with E-state index in [0.29, 0.717) is 0 Å². The fourth-order valence-corrected chi connectivity index (χ4v) is 4.28. The van der Waals surface area contributed by atoms with Gasteiger partial charge >= 0.3 is 0 Å². The molecule has 0 spiro atoms. The number of rotatable bonds is 5. The van der Waals surface area contributed by atoms with Crippen molar-refractivity contribution in [1.29, 1.82) is 0 Å². The summed E-state index contributed by atoms with van der Waals surface area (Å²) in [6, 6.07) is 38.0. The van der Waals surface area contributed by atoms with E-state index in [4.69, 9.17) is 11.6 Å². The summed E-state index contributed by atoms with van der Waals surface area (Å²) in [6.45, 7) is 0. The van der Waals surface area contributed by atoms with E-state index in [-0.39, 0.29) is 11.2 Å². The zero-order valence-electron chi connectivity index (χ0n) is 16.9. The Morgan fingerprint density at radius 3 is 1.97 bits per heavy atom.